The Morgan fingerprint density at radius 2 is 1.91 bits per heavy atom. The van der Waals surface area contributed by atoms with Gasteiger partial charge in [0, 0.05) is 31.9 Å². The fourth-order valence-electron chi connectivity index (χ4n) is 4.73. The number of H-pyrrole nitrogens is 1. The number of aromatic amines is 1. The van der Waals surface area contributed by atoms with Gasteiger partial charge in [0.2, 0.25) is 0 Å². The van der Waals surface area contributed by atoms with Gasteiger partial charge in [-0.05, 0) is 25.0 Å². The third kappa shape index (κ3) is 3.02. The number of benzene rings is 2. The van der Waals surface area contributed by atoms with Crippen LogP contribution in [0.15, 0.2) is 48.3 Å². The number of carbonyl (C=O) groups excluding carboxylic acids is 1. The molecule has 2 aliphatic rings. The summed E-state index contributed by atoms with van der Waals surface area (Å²) < 4.78 is 16.9. The minimum atomic E-state index is -0.873. The predicted molar refractivity (Wildman–Crippen MR) is 122 cm³/mol. The smallest absolute Gasteiger partial charge is 0.198 e. The fraction of sp³-hybridized carbons (Fsp3) is 0.333. The molecule has 1 saturated heterocycles. The second-order valence-electron chi connectivity index (χ2n) is 8.00. The normalized spacial score (nSPS) is 21.0. The Hall–Kier alpha value is -3.52. The SMILES string of the molecule is CNC1=C(c2nc3ccccc3[nH]2)C(=O)[C@]2(CCCOC2)N1c1cc(OC)cc(OC)c1. The van der Waals surface area contributed by atoms with E-state index in [1.807, 2.05) is 54.4 Å². The zero-order valence-corrected chi connectivity index (χ0v) is 18.4. The highest BCUT2D eigenvalue weighted by Crippen LogP contribution is 2.46. The summed E-state index contributed by atoms with van der Waals surface area (Å²) in [6.45, 7) is 0.930. The number of rotatable bonds is 5. The zero-order valence-electron chi connectivity index (χ0n) is 18.4. The van der Waals surface area contributed by atoms with Crippen LogP contribution < -0.4 is 19.7 Å². The van der Waals surface area contributed by atoms with Crippen molar-refractivity contribution in [2.45, 2.75) is 18.4 Å². The number of para-hydroxylation sites is 2. The first-order chi connectivity index (χ1) is 15.6. The number of nitrogens with one attached hydrogen (secondary N) is 2. The Kier molecular flexibility index (Phi) is 5.01. The summed E-state index contributed by atoms with van der Waals surface area (Å²) in [5, 5.41) is 3.27. The summed E-state index contributed by atoms with van der Waals surface area (Å²) in [4.78, 5) is 24.2. The van der Waals surface area contributed by atoms with E-state index in [4.69, 9.17) is 19.2 Å². The van der Waals surface area contributed by atoms with Crippen molar-refractivity contribution < 1.29 is 19.0 Å². The van der Waals surface area contributed by atoms with E-state index in [0.717, 1.165) is 23.1 Å². The van der Waals surface area contributed by atoms with Crippen molar-refractivity contribution in [3.63, 3.8) is 0 Å². The average molecular weight is 434 g/mol. The lowest BCUT2D eigenvalue weighted by atomic mass is 9.85. The number of imidazole rings is 1. The molecule has 0 aliphatic carbocycles. The Labute approximate surface area is 186 Å². The number of nitrogens with zero attached hydrogens (tertiary/aromatic N) is 2. The molecule has 0 radical (unpaired) electrons. The summed E-state index contributed by atoms with van der Waals surface area (Å²) in [5.74, 6) is 2.50. The lowest BCUT2D eigenvalue weighted by molar-refractivity contribution is -0.122. The number of aromatic nitrogens is 2. The lowest BCUT2D eigenvalue weighted by Gasteiger charge is -2.42. The van der Waals surface area contributed by atoms with Crippen molar-refractivity contribution in [1.29, 1.82) is 0 Å². The summed E-state index contributed by atoms with van der Waals surface area (Å²) in [6.07, 6.45) is 1.45. The van der Waals surface area contributed by atoms with E-state index in [1.54, 1.807) is 14.2 Å². The molecule has 0 unspecified atom stereocenters. The monoisotopic (exact) mass is 434 g/mol. The third-order valence-electron chi connectivity index (χ3n) is 6.22. The third-order valence-corrected chi connectivity index (χ3v) is 6.22. The molecule has 0 amide bonds. The Bertz CT molecular complexity index is 1150. The number of methoxy groups -OCH3 is 2. The fourth-order valence-corrected chi connectivity index (χ4v) is 4.73. The highest BCUT2D eigenvalue weighted by Gasteiger charge is 2.55. The van der Waals surface area contributed by atoms with Crippen LogP contribution >= 0.6 is 0 Å². The lowest BCUT2D eigenvalue weighted by Crippen LogP contribution is -2.56. The van der Waals surface area contributed by atoms with E-state index >= 15 is 0 Å². The molecule has 3 aromatic rings. The van der Waals surface area contributed by atoms with Crippen molar-refractivity contribution >= 4 is 28.1 Å². The van der Waals surface area contributed by atoms with E-state index < -0.39 is 5.54 Å². The number of ketones is 1. The van der Waals surface area contributed by atoms with Gasteiger partial charge in [-0.25, -0.2) is 4.98 Å². The average Bonchev–Trinajstić information content (AvgIpc) is 3.36. The van der Waals surface area contributed by atoms with Crippen molar-refractivity contribution in [3.05, 3.63) is 54.1 Å². The standard InChI is InChI=1S/C24H26N4O4/c1-25-23-20(22-26-18-7-4-5-8-19(18)27-22)21(29)24(9-6-10-32-14-24)28(23)15-11-16(30-2)13-17(12-15)31-3/h4-5,7-8,11-13,25H,6,9-10,14H2,1-3H3,(H,26,27)/t24-/m1/s1. The molecule has 1 aromatic heterocycles. The molecule has 1 spiro atoms. The van der Waals surface area contributed by atoms with Crippen LogP contribution in [0.4, 0.5) is 5.69 Å². The van der Waals surface area contributed by atoms with Gasteiger partial charge in [-0.15, -0.1) is 0 Å². The molecule has 0 saturated carbocycles. The van der Waals surface area contributed by atoms with Crippen LogP contribution in [0.1, 0.15) is 18.7 Å². The first-order valence-corrected chi connectivity index (χ1v) is 10.6. The molecule has 3 heterocycles. The van der Waals surface area contributed by atoms with E-state index in [2.05, 4.69) is 10.3 Å². The van der Waals surface area contributed by atoms with Crippen LogP contribution in [0.5, 0.6) is 11.5 Å². The number of hydrogen-bond donors (Lipinski definition) is 2. The number of fused-ring (bicyclic) bond motifs is 1. The first-order valence-electron chi connectivity index (χ1n) is 10.6. The number of ether oxygens (including phenoxy) is 3. The summed E-state index contributed by atoms with van der Waals surface area (Å²) in [7, 11) is 5.04. The second kappa shape index (κ2) is 7.87. The molecule has 8 nitrogen and oxygen atoms in total. The number of carbonyl (C=O) groups is 1. The van der Waals surface area contributed by atoms with Crippen LogP contribution in [-0.2, 0) is 9.53 Å². The molecule has 32 heavy (non-hydrogen) atoms. The maximum atomic E-state index is 14.1. The maximum Gasteiger partial charge on any atom is 0.198 e. The molecule has 2 N–H and O–H groups in total. The van der Waals surface area contributed by atoms with Crippen LogP contribution in [-0.4, -0.2) is 55.8 Å². The van der Waals surface area contributed by atoms with Gasteiger partial charge in [-0.1, -0.05) is 12.1 Å². The van der Waals surface area contributed by atoms with Gasteiger partial charge in [0.15, 0.2) is 5.78 Å². The molecule has 1 fully saturated rings. The molecule has 8 heteroatoms. The Balaban J connectivity index is 1.74. The molecule has 2 aliphatic heterocycles. The first kappa shape index (κ1) is 20.4. The molecule has 1 atom stereocenters. The molecular weight excluding hydrogens is 408 g/mol. The van der Waals surface area contributed by atoms with Crippen molar-refractivity contribution in [2.75, 3.05) is 39.4 Å². The van der Waals surface area contributed by atoms with Gasteiger partial charge < -0.3 is 29.4 Å². The van der Waals surface area contributed by atoms with Gasteiger partial charge in [0.05, 0.1) is 37.5 Å². The topological polar surface area (TPSA) is 88.7 Å². The highest BCUT2D eigenvalue weighted by molar-refractivity contribution is 6.30. The number of anilines is 1. The van der Waals surface area contributed by atoms with E-state index in [9.17, 15) is 4.79 Å². The van der Waals surface area contributed by atoms with E-state index in [1.165, 1.54) is 0 Å². The van der Waals surface area contributed by atoms with Crippen LogP contribution in [0.25, 0.3) is 16.6 Å². The van der Waals surface area contributed by atoms with Gasteiger partial charge in [-0.2, -0.15) is 0 Å². The van der Waals surface area contributed by atoms with Crippen LogP contribution in [0.2, 0.25) is 0 Å². The molecule has 0 bridgehead atoms. The summed E-state index contributed by atoms with van der Waals surface area (Å²) >= 11 is 0. The molecule has 166 valence electrons. The van der Waals surface area contributed by atoms with Gasteiger partial charge in [-0.3, -0.25) is 4.79 Å². The molecule has 5 rings (SSSR count). The van der Waals surface area contributed by atoms with E-state index in [0.29, 0.717) is 48.4 Å². The van der Waals surface area contributed by atoms with Gasteiger partial charge in [0.25, 0.3) is 0 Å². The Morgan fingerprint density at radius 1 is 1.16 bits per heavy atom. The minimum Gasteiger partial charge on any atom is -0.497 e. The van der Waals surface area contributed by atoms with Crippen molar-refractivity contribution in [2.24, 2.45) is 0 Å². The van der Waals surface area contributed by atoms with E-state index in [-0.39, 0.29) is 5.78 Å². The highest BCUT2D eigenvalue weighted by atomic mass is 16.5. The predicted octanol–water partition coefficient (Wildman–Crippen LogP) is 3.11. The largest absolute Gasteiger partial charge is 0.497 e. The molecular formula is C24H26N4O4. The summed E-state index contributed by atoms with van der Waals surface area (Å²) in [6, 6.07) is 13.4. The van der Waals surface area contributed by atoms with Gasteiger partial charge in [0.1, 0.15) is 34.3 Å². The van der Waals surface area contributed by atoms with Gasteiger partial charge >= 0.3 is 0 Å². The minimum absolute atomic E-state index is 0.0117. The van der Waals surface area contributed by atoms with Crippen molar-refractivity contribution in [3.8, 4) is 11.5 Å². The number of hydrogen-bond acceptors (Lipinski definition) is 7. The maximum absolute atomic E-state index is 14.1. The zero-order chi connectivity index (χ0) is 22.3. The Morgan fingerprint density at radius 3 is 2.53 bits per heavy atom. The summed E-state index contributed by atoms with van der Waals surface area (Å²) in [5.41, 5.74) is 2.14. The molecule has 2 aromatic carbocycles. The van der Waals surface area contributed by atoms with Crippen LogP contribution in [0.3, 0.4) is 0 Å². The second-order valence-corrected chi connectivity index (χ2v) is 8.00. The number of Topliss-reactive ketones (excluding diaryl/α,β-unsaturated/α-hetero) is 1. The van der Waals surface area contributed by atoms with Crippen LogP contribution in [0, 0.1) is 0 Å². The quantitative estimate of drug-likeness (QED) is 0.638. The van der Waals surface area contributed by atoms with Crippen molar-refractivity contribution in [1.82, 2.24) is 15.3 Å².